The molecule has 1 atom stereocenters. The first kappa shape index (κ1) is 12.7. The van der Waals surface area contributed by atoms with Gasteiger partial charge < -0.3 is 10.6 Å². The van der Waals surface area contributed by atoms with Gasteiger partial charge in [0.25, 0.3) is 0 Å². The minimum Gasteiger partial charge on any atom is -0.313 e. The van der Waals surface area contributed by atoms with Crippen LogP contribution in [0.25, 0.3) is 0 Å². The molecular formula is C12H19BrN2. The van der Waals surface area contributed by atoms with E-state index in [9.17, 15) is 0 Å². The lowest BCUT2D eigenvalue weighted by Crippen LogP contribution is -2.47. The topological polar surface area (TPSA) is 24.1 Å². The summed E-state index contributed by atoms with van der Waals surface area (Å²) in [4.78, 5) is 0. The van der Waals surface area contributed by atoms with E-state index in [-0.39, 0.29) is 11.6 Å². The second kappa shape index (κ2) is 5.10. The second-order valence-corrected chi connectivity index (χ2v) is 5.07. The summed E-state index contributed by atoms with van der Waals surface area (Å²) in [5, 5.41) is 6.69. The number of likely N-dealkylation sites (N-methyl/N-ethyl adjacent to an activating group) is 2. The van der Waals surface area contributed by atoms with Crippen molar-refractivity contribution in [2.24, 2.45) is 0 Å². The maximum Gasteiger partial charge on any atom is 0.0508 e. The molecule has 15 heavy (non-hydrogen) atoms. The van der Waals surface area contributed by atoms with Gasteiger partial charge in [-0.2, -0.15) is 0 Å². The summed E-state index contributed by atoms with van der Waals surface area (Å²) in [6.07, 6.45) is 0. The zero-order chi connectivity index (χ0) is 11.5. The Balaban J connectivity index is 3.08. The van der Waals surface area contributed by atoms with Crippen LogP contribution in [0.1, 0.15) is 25.5 Å². The van der Waals surface area contributed by atoms with Gasteiger partial charge >= 0.3 is 0 Å². The lowest BCUT2D eigenvalue weighted by molar-refractivity contribution is 0.310. The van der Waals surface area contributed by atoms with Gasteiger partial charge in [0.15, 0.2) is 0 Å². The molecule has 2 nitrogen and oxygen atoms in total. The van der Waals surface area contributed by atoms with E-state index < -0.39 is 0 Å². The molecule has 0 saturated carbocycles. The van der Waals surface area contributed by atoms with Crippen LogP contribution in [0.15, 0.2) is 28.7 Å². The average molecular weight is 271 g/mol. The van der Waals surface area contributed by atoms with E-state index in [0.29, 0.717) is 0 Å². The lowest BCUT2D eigenvalue weighted by Gasteiger charge is -2.35. The van der Waals surface area contributed by atoms with Gasteiger partial charge in [0, 0.05) is 10.0 Å². The molecule has 1 rings (SSSR count). The molecule has 1 aromatic carbocycles. The number of benzene rings is 1. The molecule has 0 amide bonds. The van der Waals surface area contributed by atoms with Crippen LogP contribution >= 0.6 is 15.9 Å². The Kier molecular flexibility index (Phi) is 4.32. The first-order chi connectivity index (χ1) is 7.03. The van der Waals surface area contributed by atoms with Crippen molar-refractivity contribution < 1.29 is 0 Å². The highest BCUT2D eigenvalue weighted by Crippen LogP contribution is 2.30. The summed E-state index contributed by atoms with van der Waals surface area (Å²) < 4.78 is 1.15. The van der Waals surface area contributed by atoms with Crippen molar-refractivity contribution in [3.8, 4) is 0 Å². The van der Waals surface area contributed by atoms with Crippen molar-refractivity contribution in [2.45, 2.75) is 25.4 Å². The predicted molar refractivity (Wildman–Crippen MR) is 69.1 cm³/mol. The molecule has 0 fully saturated rings. The molecule has 1 aromatic rings. The van der Waals surface area contributed by atoms with E-state index in [1.165, 1.54) is 5.56 Å². The smallest absolute Gasteiger partial charge is 0.0508 e. The van der Waals surface area contributed by atoms with E-state index in [0.717, 1.165) is 4.47 Å². The summed E-state index contributed by atoms with van der Waals surface area (Å²) in [6.45, 7) is 4.38. The zero-order valence-corrected chi connectivity index (χ0v) is 11.4. The molecule has 0 aliphatic heterocycles. The number of nitrogens with one attached hydrogen (secondary N) is 2. The Morgan fingerprint density at radius 1 is 1.20 bits per heavy atom. The third-order valence-electron chi connectivity index (χ3n) is 2.87. The molecule has 84 valence electrons. The quantitative estimate of drug-likeness (QED) is 0.879. The fourth-order valence-electron chi connectivity index (χ4n) is 1.76. The zero-order valence-electron chi connectivity index (χ0n) is 9.76. The molecule has 3 heteroatoms. The van der Waals surface area contributed by atoms with E-state index >= 15 is 0 Å². The number of rotatable bonds is 4. The van der Waals surface area contributed by atoms with Gasteiger partial charge in [-0.1, -0.05) is 34.1 Å². The molecule has 0 aliphatic carbocycles. The molecule has 1 unspecified atom stereocenters. The number of halogens is 1. The van der Waals surface area contributed by atoms with Gasteiger partial charge in [-0.15, -0.1) is 0 Å². The van der Waals surface area contributed by atoms with Crippen LogP contribution in [0.3, 0.4) is 0 Å². The molecule has 0 heterocycles. The normalized spacial score (nSPS) is 13.9. The van der Waals surface area contributed by atoms with Crippen molar-refractivity contribution in [3.05, 3.63) is 34.3 Å². The Hall–Kier alpha value is -0.380. The van der Waals surface area contributed by atoms with Crippen LogP contribution in [0.2, 0.25) is 0 Å². The summed E-state index contributed by atoms with van der Waals surface area (Å²) in [7, 11) is 3.98. The lowest BCUT2D eigenvalue weighted by atomic mass is 9.89. The van der Waals surface area contributed by atoms with E-state index in [2.05, 4.69) is 58.6 Å². The highest BCUT2D eigenvalue weighted by Gasteiger charge is 2.28. The van der Waals surface area contributed by atoms with Gasteiger partial charge in [-0.05, 0) is 39.6 Å². The van der Waals surface area contributed by atoms with Crippen molar-refractivity contribution >= 4 is 15.9 Å². The van der Waals surface area contributed by atoms with Gasteiger partial charge in [-0.3, -0.25) is 0 Å². The van der Waals surface area contributed by atoms with Crippen LogP contribution in [0.4, 0.5) is 0 Å². The Morgan fingerprint density at radius 2 is 1.80 bits per heavy atom. The number of hydrogen-bond acceptors (Lipinski definition) is 2. The molecule has 0 aliphatic rings. The molecule has 0 radical (unpaired) electrons. The van der Waals surface area contributed by atoms with Gasteiger partial charge in [0.05, 0.1) is 6.04 Å². The molecule has 0 spiro atoms. The summed E-state index contributed by atoms with van der Waals surface area (Å²) in [5.74, 6) is 0. The summed E-state index contributed by atoms with van der Waals surface area (Å²) in [5.41, 5.74) is 1.29. The minimum atomic E-state index is 0.0125. The van der Waals surface area contributed by atoms with E-state index in [1.54, 1.807) is 0 Å². The molecule has 0 bridgehead atoms. The molecule has 0 aromatic heterocycles. The van der Waals surface area contributed by atoms with Gasteiger partial charge in [0.2, 0.25) is 0 Å². The molecule has 2 N–H and O–H groups in total. The van der Waals surface area contributed by atoms with Crippen molar-refractivity contribution in [3.63, 3.8) is 0 Å². The Labute approximate surface area is 101 Å². The maximum absolute atomic E-state index is 3.59. The average Bonchev–Trinajstić information content (AvgIpc) is 2.21. The first-order valence-electron chi connectivity index (χ1n) is 5.13. The minimum absolute atomic E-state index is 0.0125. The highest BCUT2D eigenvalue weighted by molar-refractivity contribution is 9.10. The summed E-state index contributed by atoms with van der Waals surface area (Å²) >= 11 is 3.59. The van der Waals surface area contributed by atoms with Gasteiger partial charge in [0.1, 0.15) is 0 Å². The fraction of sp³-hybridized carbons (Fsp3) is 0.500. The fourth-order valence-corrected chi connectivity index (χ4v) is 2.27. The van der Waals surface area contributed by atoms with E-state index in [4.69, 9.17) is 0 Å². The first-order valence-corrected chi connectivity index (χ1v) is 5.93. The van der Waals surface area contributed by atoms with Crippen molar-refractivity contribution in [1.29, 1.82) is 0 Å². The van der Waals surface area contributed by atoms with Crippen LogP contribution < -0.4 is 10.6 Å². The Morgan fingerprint density at radius 3 is 2.27 bits per heavy atom. The third-order valence-corrected chi connectivity index (χ3v) is 3.59. The van der Waals surface area contributed by atoms with Crippen LogP contribution in [-0.4, -0.2) is 19.6 Å². The van der Waals surface area contributed by atoms with Crippen molar-refractivity contribution in [1.82, 2.24) is 10.6 Å². The Bertz CT molecular complexity index is 323. The largest absolute Gasteiger partial charge is 0.313 e. The van der Waals surface area contributed by atoms with Crippen LogP contribution in [0.5, 0.6) is 0 Å². The molecule has 0 saturated heterocycles. The van der Waals surface area contributed by atoms with E-state index in [1.807, 2.05) is 20.2 Å². The van der Waals surface area contributed by atoms with Crippen LogP contribution in [0, 0.1) is 0 Å². The van der Waals surface area contributed by atoms with Gasteiger partial charge in [-0.25, -0.2) is 0 Å². The molecular weight excluding hydrogens is 252 g/mol. The monoisotopic (exact) mass is 270 g/mol. The highest BCUT2D eigenvalue weighted by atomic mass is 79.9. The standard InChI is InChI=1S/C12H19BrN2/c1-12(2,15-4)11(14-3)9-7-5-6-8-10(9)13/h5-8,11,14-15H,1-4H3. The maximum atomic E-state index is 3.59. The SMILES string of the molecule is CNC(c1ccccc1Br)C(C)(C)NC. The predicted octanol–water partition coefficient (Wildman–Crippen LogP) is 2.71. The summed E-state index contributed by atoms with van der Waals surface area (Å²) in [6, 6.07) is 8.59. The number of hydrogen-bond donors (Lipinski definition) is 2. The second-order valence-electron chi connectivity index (χ2n) is 4.21. The van der Waals surface area contributed by atoms with Crippen LogP contribution in [-0.2, 0) is 0 Å². The third kappa shape index (κ3) is 2.80. The van der Waals surface area contributed by atoms with Crippen molar-refractivity contribution in [2.75, 3.05) is 14.1 Å².